The van der Waals surface area contributed by atoms with Gasteiger partial charge in [0.15, 0.2) is 0 Å². The summed E-state index contributed by atoms with van der Waals surface area (Å²) in [6, 6.07) is 3.83. The molecule has 1 aliphatic rings. The zero-order valence-corrected chi connectivity index (χ0v) is 14.8. The number of nitrogens with zero attached hydrogens (tertiary/aromatic N) is 4. The molecule has 0 aromatic carbocycles. The molecule has 0 saturated heterocycles. The summed E-state index contributed by atoms with van der Waals surface area (Å²) in [5.41, 5.74) is 1.85. The van der Waals surface area contributed by atoms with Crippen LogP contribution in [0.5, 0.6) is 0 Å². The van der Waals surface area contributed by atoms with Crippen molar-refractivity contribution in [3.63, 3.8) is 0 Å². The lowest BCUT2D eigenvalue weighted by atomic mass is 9.92. The van der Waals surface area contributed by atoms with Gasteiger partial charge in [0.1, 0.15) is 10.8 Å². The van der Waals surface area contributed by atoms with Crippen LogP contribution in [-0.2, 0) is 0 Å². The minimum absolute atomic E-state index is 0.0162. The third-order valence-electron chi connectivity index (χ3n) is 4.17. The van der Waals surface area contributed by atoms with E-state index in [1.165, 1.54) is 11.8 Å². The van der Waals surface area contributed by atoms with Crippen molar-refractivity contribution in [3.05, 3.63) is 23.5 Å². The molecular formula is C16H21F2N5S. The fourth-order valence-electron chi connectivity index (χ4n) is 2.91. The Labute approximate surface area is 144 Å². The van der Waals surface area contributed by atoms with E-state index in [0.29, 0.717) is 24.6 Å². The Kier molecular flexibility index (Phi) is 4.76. The number of alkyl halides is 2. The SMILES string of the molecule is CSc1cc(NC2CCC(F)(F)CC2)nc(-n2nc(C)cc2C)n1. The highest BCUT2D eigenvalue weighted by atomic mass is 32.2. The molecule has 1 saturated carbocycles. The fourth-order valence-corrected chi connectivity index (χ4v) is 3.31. The van der Waals surface area contributed by atoms with Crippen LogP contribution < -0.4 is 5.32 Å². The second-order valence-electron chi connectivity index (χ2n) is 6.21. The minimum Gasteiger partial charge on any atom is -0.367 e. The van der Waals surface area contributed by atoms with Gasteiger partial charge in [-0.15, -0.1) is 11.8 Å². The van der Waals surface area contributed by atoms with Crippen molar-refractivity contribution < 1.29 is 8.78 Å². The van der Waals surface area contributed by atoms with Gasteiger partial charge in [0.05, 0.1) is 5.69 Å². The van der Waals surface area contributed by atoms with Crippen molar-refractivity contribution in [1.82, 2.24) is 19.7 Å². The molecular weight excluding hydrogens is 332 g/mol. The number of hydrogen-bond acceptors (Lipinski definition) is 5. The molecule has 1 fully saturated rings. The van der Waals surface area contributed by atoms with Crippen LogP contribution in [-0.4, -0.2) is 38.0 Å². The Balaban J connectivity index is 1.83. The predicted octanol–water partition coefficient (Wildman–Crippen LogP) is 3.99. The summed E-state index contributed by atoms with van der Waals surface area (Å²) in [6.45, 7) is 3.87. The average Bonchev–Trinajstić information content (AvgIpc) is 2.88. The summed E-state index contributed by atoms with van der Waals surface area (Å²) in [7, 11) is 0. The topological polar surface area (TPSA) is 55.6 Å². The van der Waals surface area contributed by atoms with Crippen LogP contribution >= 0.6 is 11.8 Å². The van der Waals surface area contributed by atoms with Crippen LogP contribution in [0.25, 0.3) is 5.95 Å². The van der Waals surface area contributed by atoms with Crippen molar-refractivity contribution >= 4 is 17.6 Å². The highest BCUT2D eigenvalue weighted by Gasteiger charge is 2.35. The summed E-state index contributed by atoms with van der Waals surface area (Å²) in [6.07, 6.45) is 2.69. The molecule has 3 rings (SSSR count). The normalized spacial score (nSPS) is 17.9. The first-order valence-electron chi connectivity index (χ1n) is 7.97. The van der Waals surface area contributed by atoms with E-state index in [1.54, 1.807) is 4.68 Å². The molecule has 2 aromatic rings. The number of hydrogen-bond donors (Lipinski definition) is 1. The third kappa shape index (κ3) is 3.85. The summed E-state index contributed by atoms with van der Waals surface area (Å²) in [5.74, 6) is -1.37. The molecule has 24 heavy (non-hydrogen) atoms. The standard InChI is InChI=1S/C16H21F2N5S/c1-10-8-11(2)23(22-10)15-20-13(9-14(21-15)24-3)19-12-4-6-16(17,18)7-5-12/h8-9,12H,4-7H2,1-3H3,(H,19,20,21). The lowest BCUT2D eigenvalue weighted by Crippen LogP contribution is -2.32. The van der Waals surface area contributed by atoms with Crippen molar-refractivity contribution in [2.45, 2.75) is 56.5 Å². The zero-order valence-electron chi connectivity index (χ0n) is 14.0. The number of halogens is 2. The molecule has 2 heterocycles. The number of nitrogens with one attached hydrogen (secondary N) is 1. The van der Waals surface area contributed by atoms with E-state index in [9.17, 15) is 8.78 Å². The van der Waals surface area contributed by atoms with Crippen molar-refractivity contribution in [2.75, 3.05) is 11.6 Å². The van der Waals surface area contributed by atoms with Crippen molar-refractivity contribution in [3.8, 4) is 5.95 Å². The van der Waals surface area contributed by atoms with Crippen molar-refractivity contribution in [1.29, 1.82) is 0 Å². The highest BCUT2D eigenvalue weighted by Crippen LogP contribution is 2.34. The van der Waals surface area contributed by atoms with E-state index < -0.39 is 5.92 Å². The maximum Gasteiger partial charge on any atom is 0.253 e. The molecule has 0 unspecified atom stereocenters. The second-order valence-corrected chi connectivity index (χ2v) is 7.04. The van der Waals surface area contributed by atoms with Crippen LogP contribution in [0.15, 0.2) is 17.2 Å². The van der Waals surface area contributed by atoms with Crippen LogP contribution in [0.1, 0.15) is 37.1 Å². The van der Waals surface area contributed by atoms with E-state index in [4.69, 9.17) is 0 Å². The lowest BCUT2D eigenvalue weighted by molar-refractivity contribution is -0.0361. The quantitative estimate of drug-likeness (QED) is 0.665. The number of anilines is 1. The average molecular weight is 353 g/mol. The third-order valence-corrected chi connectivity index (χ3v) is 4.80. The second kappa shape index (κ2) is 6.66. The van der Waals surface area contributed by atoms with Gasteiger partial charge in [0, 0.05) is 30.6 Å². The fraction of sp³-hybridized carbons (Fsp3) is 0.562. The monoisotopic (exact) mass is 353 g/mol. The Morgan fingerprint density at radius 3 is 2.50 bits per heavy atom. The van der Waals surface area contributed by atoms with Gasteiger partial charge in [-0.3, -0.25) is 0 Å². The molecule has 0 spiro atoms. The molecule has 0 amide bonds. The van der Waals surface area contributed by atoms with Crippen LogP contribution in [0.3, 0.4) is 0 Å². The van der Waals surface area contributed by atoms with E-state index in [1.807, 2.05) is 32.2 Å². The predicted molar refractivity (Wildman–Crippen MR) is 91.2 cm³/mol. The van der Waals surface area contributed by atoms with Gasteiger partial charge in [-0.1, -0.05) is 0 Å². The Morgan fingerprint density at radius 2 is 1.92 bits per heavy atom. The Bertz CT molecular complexity index is 721. The number of aryl methyl sites for hydroxylation is 2. The summed E-state index contributed by atoms with van der Waals surface area (Å²) in [4.78, 5) is 9.04. The van der Waals surface area contributed by atoms with E-state index in [2.05, 4.69) is 20.4 Å². The van der Waals surface area contributed by atoms with E-state index in [0.717, 1.165) is 16.4 Å². The van der Waals surface area contributed by atoms with E-state index >= 15 is 0 Å². The first-order chi connectivity index (χ1) is 11.4. The van der Waals surface area contributed by atoms with Crippen LogP contribution in [0, 0.1) is 13.8 Å². The number of aromatic nitrogens is 4. The first kappa shape index (κ1) is 17.1. The first-order valence-corrected chi connectivity index (χ1v) is 9.20. The Morgan fingerprint density at radius 1 is 1.21 bits per heavy atom. The van der Waals surface area contributed by atoms with Crippen LogP contribution in [0.2, 0.25) is 0 Å². The smallest absolute Gasteiger partial charge is 0.253 e. The van der Waals surface area contributed by atoms with Crippen molar-refractivity contribution in [2.24, 2.45) is 0 Å². The summed E-state index contributed by atoms with van der Waals surface area (Å²) < 4.78 is 28.3. The molecule has 1 N–H and O–H groups in total. The molecule has 130 valence electrons. The molecule has 0 aliphatic heterocycles. The van der Waals surface area contributed by atoms with Gasteiger partial charge < -0.3 is 5.32 Å². The van der Waals surface area contributed by atoms with Gasteiger partial charge in [-0.05, 0) is 39.0 Å². The largest absolute Gasteiger partial charge is 0.367 e. The molecule has 0 radical (unpaired) electrons. The maximum atomic E-state index is 13.3. The summed E-state index contributed by atoms with van der Waals surface area (Å²) in [5, 5.41) is 8.53. The Hall–Kier alpha value is -1.70. The molecule has 5 nitrogen and oxygen atoms in total. The minimum atomic E-state index is -2.52. The van der Waals surface area contributed by atoms with Gasteiger partial charge in [0.2, 0.25) is 5.92 Å². The number of thioether (sulfide) groups is 1. The summed E-state index contributed by atoms with van der Waals surface area (Å²) >= 11 is 1.51. The zero-order chi connectivity index (χ0) is 17.3. The van der Waals surface area contributed by atoms with Gasteiger partial charge >= 0.3 is 0 Å². The number of rotatable bonds is 4. The van der Waals surface area contributed by atoms with Gasteiger partial charge in [-0.2, -0.15) is 10.1 Å². The van der Waals surface area contributed by atoms with Crippen LogP contribution in [0.4, 0.5) is 14.6 Å². The van der Waals surface area contributed by atoms with Gasteiger partial charge in [-0.25, -0.2) is 18.4 Å². The maximum absolute atomic E-state index is 13.3. The molecule has 2 aromatic heterocycles. The molecule has 0 atom stereocenters. The highest BCUT2D eigenvalue weighted by molar-refractivity contribution is 7.98. The molecule has 0 bridgehead atoms. The molecule has 8 heteroatoms. The van der Waals surface area contributed by atoms with Gasteiger partial charge in [0.25, 0.3) is 5.95 Å². The lowest BCUT2D eigenvalue weighted by Gasteiger charge is -2.29. The molecule has 1 aliphatic carbocycles. The van der Waals surface area contributed by atoms with E-state index in [-0.39, 0.29) is 18.9 Å².